The van der Waals surface area contributed by atoms with Gasteiger partial charge in [0, 0.05) is 17.1 Å². The Morgan fingerprint density at radius 2 is 1.29 bits per heavy atom. The molecule has 0 atom stereocenters. The van der Waals surface area contributed by atoms with Gasteiger partial charge in [-0.1, -0.05) is 56.0 Å². The number of hydrogen-bond acceptors (Lipinski definition) is 3. The van der Waals surface area contributed by atoms with Gasteiger partial charge in [0.25, 0.3) is 0 Å². The first kappa shape index (κ1) is 22.9. The van der Waals surface area contributed by atoms with Crippen molar-refractivity contribution in [3.05, 3.63) is 83.9 Å². The summed E-state index contributed by atoms with van der Waals surface area (Å²) in [5.74, 6) is 0.932. The number of benzene rings is 3. The Hall–Kier alpha value is -2.78. The Bertz CT molecular complexity index is 886. The number of ether oxygens (including phenoxy) is 1. The van der Waals surface area contributed by atoms with E-state index in [0.29, 0.717) is 0 Å². The molecule has 0 bridgehead atoms. The van der Waals surface area contributed by atoms with E-state index in [1.54, 1.807) is 0 Å². The Kier molecular flexibility index (Phi) is 8.99. The average Bonchev–Trinajstić information content (AvgIpc) is 2.81. The van der Waals surface area contributed by atoms with E-state index in [1.807, 2.05) is 0 Å². The van der Waals surface area contributed by atoms with Gasteiger partial charge in [-0.25, -0.2) is 0 Å². The summed E-state index contributed by atoms with van der Waals surface area (Å²) in [6.07, 6.45) is 6.90. The summed E-state index contributed by atoms with van der Waals surface area (Å²) in [4.78, 5) is 2.29. The van der Waals surface area contributed by atoms with E-state index in [0.717, 1.165) is 55.2 Å². The van der Waals surface area contributed by atoms with Crippen molar-refractivity contribution in [1.82, 2.24) is 0 Å². The van der Waals surface area contributed by atoms with E-state index < -0.39 is 0 Å². The van der Waals surface area contributed by atoms with Crippen LogP contribution in [0.1, 0.15) is 50.2 Å². The monoisotopic (exact) mass is 416 g/mol. The summed E-state index contributed by atoms with van der Waals surface area (Å²) in [5.41, 5.74) is 11.7. The standard InChI is InChI=1S/C28H36N2O/c1-3-4-5-6-22-31-28-19-17-27(18-20-28)30(25-13-9-23(2)10-14-25)26-15-11-24(12-16-26)8-7-21-29/h9-20H,3-8,21-22,29H2,1-2H3. The van der Waals surface area contributed by atoms with Crippen LogP contribution in [0.5, 0.6) is 5.75 Å². The third-order valence-corrected chi connectivity index (χ3v) is 5.52. The van der Waals surface area contributed by atoms with Crippen molar-refractivity contribution in [2.24, 2.45) is 5.73 Å². The zero-order chi connectivity index (χ0) is 21.9. The van der Waals surface area contributed by atoms with Gasteiger partial charge in [0.05, 0.1) is 6.61 Å². The van der Waals surface area contributed by atoms with Crippen molar-refractivity contribution in [1.29, 1.82) is 0 Å². The molecule has 0 radical (unpaired) electrons. The van der Waals surface area contributed by atoms with Crippen LogP contribution < -0.4 is 15.4 Å². The fourth-order valence-electron chi connectivity index (χ4n) is 3.67. The molecule has 0 unspecified atom stereocenters. The Balaban J connectivity index is 1.79. The second-order valence-electron chi connectivity index (χ2n) is 8.13. The molecule has 0 aliphatic heterocycles. The van der Waals surface area contributed by atoms with Crippen LogP contribution in [0, 0.1) is 6.92 Å². The molecule has 0 fully saturated rings. The molecule has 3 heteroatoms. The lowest BCUT2D eigenvalue weighted by atomic mass is 10.1. The SMILES string of the molecule is CCCCCCOc1ccc(N(c2ccc(C)cc2)c2ccc(CCCN)cc2)cc1. The first-order chi connectivity index (χ1) is 15.2. The van der Waals surface area contributed by atoms with Crippen LogP contribution in [0.15, 0.2) is 72.8 Å². The second-order valence-corrected chi connectivity index (χ2v) is 8.13. The highest BCUT2D eigenvalue weighted by Gasteiger charge is 2.12. The van der Waals surface area contributed by atoms with Crippen molar-refractivity contribution in [3.8, 4) is 5.75 Å². The highest BCUT2D eigenvalue weighted by atomic mass is 16.5. The van der Waals surface area contributed by atoms with Gasteiger partial charge in [0.2, 0.25) is 0 Å². The van der Waals surface area contributed by atoms with E-state index in [9.17, 15) is 0 Å². The van der Waals surface area contributed by atoms with Crippen LogP contribution in [-0.4, -0.2) is 13.2 Å². The van der Waals surface area contributed by atoms with Crippen LogP contribution in [0.2, 0.25) is 0 Å². The van der Waals surface area contributed by atoms with Gasteiger partial charge in [-0.15, -0.1) is 0 Å². The van der Waals surface area contributed by atoms with E-state index in [2.05, 4.69) is 91.5 Å². The number of nitrogens with two attached hydrogens (primary N) is 1. The quantitative estimate of drug-likeness (QED) is 0.314. The summed E-state index contributed by atoms with van der Waals surface area (Å²) in [6.45, 7) is 5.86. The molecule has 2 N–H and O–H groups in total. The summed E-state index contributed by atoms with van der Waals surface area (Å²) < 4.78 is 5.94. The van der Waals surface area contributed by atoms with Crippen molar-refractivity contribution >= 4 is 17.1 Å². The van der Waals surface area contributed by atoms with Gasteiger partial charge >= 0.3 is 0 Å². The maximum Gasteiger partial charge on any atom is 0.119 e. The average molecular weight is 417 g/mol. The van der Waals surface area contributed by atoms with Gasteiger partial charge in [-0.05, 0) is 86.8 Å². The summed E-state index contributed by atoms with van der Waals surface area (Å²) >= 11 is 0. The lowest BCUT2D eigenvalue weighted by Gasteiger charge is -2.26. The third-order valence-electron chi connectivity index (χ3n) is 5.52. The molecule has 0 saturated heterocycles. The van der Waals surface area contributed by atoms with Gasteiger partial charge < -0.3 is 15.4 Å². The zero-order valence-electron chi connectivity index (χ0n) is 19.0. The maximum atomic E-state index is 5.94. The molecule has 164 valence electrons. The first-order valence-electron chi connectivity index (χ1n) is 11.6. The van der Waals surface area contributed by atoms with E-state index in [4.69, 9.17) is 10.5 Å². The molecular formula is C28H36N2O. The van der Waals surface area contributed by atoms with Crippen LogP contribution in [0.4, 0.5) is 17.1 Å². The molecule has 0 heterocycles. The Morgan fingerprint density at radius 1 is 0.710 bits per heavy atom. The highest BCUT2D eigenvalue weighted by Crippen LogP contribution is 2.35. The van der Waals surface area contributed by atoms with Crippen LogP contribution in [0.3, 0.4) is 0 Å². The first-order valence-corrected chi connectivity index (χ1v) is 11.6. The van der Waals surface area contributed by atoms with Crippen LogP contribution in [0.25, 0.3) is 0 Å². The number of hydrogen-bond donors (Lipinski definition) is 1. The summed E-state index contributed by atoms with van der Waals surface area (Å²) in [7, 11) is 0. The molecule has 0 aromatic heterocycles. The number of unbranched alkanes of at least 4 members (excludes halogenated alkanes) is 3. The minimum atomic E-state index is 0.726. The largest absolute Gasteiger partial charge is 0.494 e. The Morgan fingerprint density at radius 3 is 1.87 bits per heavy atom. The van der Waals surface area contributed by atoms with Gasteiger partial charge in [-0.2, -0.15) is 0 Å². The van der Waals surface area contributed by atoms with E-state index in [1.165, 1.54) is 30.4 Å². The molecule has 3 rings (SSSR count). The molecule has 0 spiro atoms. The third kappa shape index (κ3) is 6.86. The number of anilines is 3. The van der Waals surface area contributed by atoms with E-state index >= 15 is 0 Å². The second kappa shape index (κ2) is 12.2. The lowest BCUT2D eigenvalue weighted by molar-refractivity contribution is 0.305. The number of nitrogens with zero attached hydrogens (tertiary/aromatic N) is 1. The van der Waals surface area contributed by atoms with Crippen LogP contribution >= 0.6 is 0 Å². The summed E-state index contributed by atoms with van der Waals surface area (Å²) in [5, 5.41) is 0. The van der Waals surface area contributed by atoms with Gasteiger partial charge in [-0.3, -0.25) is 0 Å². The van der Waals surface area contributed by atoms with Crippen molar-refractivity contribution in [2.45, 2.75) is 52.4 Å². The topological polar surface area (TPSA) is 38.5 Å². The minimum Gasteiger partial charge on any atom is -0.494 e. The molecule has 31 heavy (non-hydrogen) atoms. The fraction of sp³-hybridized carbons (Fsp3) is 0.357. The maximum absolute atomic E-state index is 5.94. The van der Waals surface area contributed by atoms with Gasteiger partial charge in [0.15, 0.2) is 0 Å². The fourth-order valence-corrected chi connectivity index (χ4v) is 3.67. The molecular weight excluding hydrogens is 380 g/mol. The highest BCUT2D eigenvalue weighted by molar-refractivity contribution is 5.76. The predicted octanol–water partition coefficient (Wildman–Crippen LogP) is 7.32. The predicted molar refractivity (Wildman–Crippen MR) is 133 cm³/mol. The van der Waals surface area contributed by atoms with Crippen molar-refractivity contribution in [2.75, 3.05) is 18.1 Å². The molecule has 0 aliphatic rings. The van der Waals surface area contributed by atoms with Crippen LogP contribution in [-0.2, 0) is 6.42 Å². The molecule has 3 aromatic rings. The smallest absolute Gasteiger partial charge is 0.119 e. The molecule has 0 aliphatic carbocycles. The zero-order valence-corrected chi connectivity index (χ0v) is 19.0. The summed E-state index contributed by atoms with van der Waals surface area (Å²) in [6, 6.07) is 25.9. The normalized spacial score (nSPS) is 10.8. The molecule has 3 aromatic carbocycles. The Labute approximate surface area is 187 Å². The number of aryl methyl sites for hydroxylation is 2. The number of rotatable bonds is 12. The van der Waals surface area contributed by atoms with Crippen molar-refractivity contribution in [3.63, 3.8) is 0 Å². The minimum absolute atomic E-state index is 0.726. The molecule has 0 saturated carbocycles. The molecule has 3 nitrogen and oxygen atoms in total. The van der Waals surface area contributed by atoms with Crippen molar-refractivity contribution < 1.29 is 4.74 Å². The van der Waals surface area contributed by atoms with E-state index in [-0.39, 0.29) is 0 Å². The lowest BCUT2D eigenvalue weighted by Crippen LogP contribution is -2.10. The van der Waals surface area contributed by atoms with Gasteiger partial charge in [0.1, 0.15) is 5.75 Å². The molecule has 0 amide bonds.